The summed E-state index contributed by atoms with van der Waals surface area (Å²) in [4.78, 5) is 259. The van der Waals surface area contributed by atoms with E-state index >= 15 is 9.59 Å². The number of primary amides is 1. The van der Waals surface area contributed by atoms with E-state index in [0.29, 0.717) is 24.8 Å². The number of aliphatic hydroxyl groups is 2. The molecule has 0 aromatic heterocycles. The quantitative estimate of drug-likeness (QED) is 0.0225. The van der Waals surface area contributed by atoms with E-state index in [1.54, 1.807) is 71.9 Å². The zero-order chi connectivity index (χ0) is 96.5. The average Bonchev–Trinajstić information content (AvgIpc) is 0.845. The standard InChI is InChI=1S/C85H132N18O25/c1-12-46(5)66-77(121)97-59(41-52-28-30-53(106)31-29-52)76(120)103-85(11,37-23-17-15-14-16-22-36-84(10,82(127)90-44-63(109)98-66)102-71(115)54(87)40-51-25-19-18-20-26-51)83(128)101-69(50(9)105)79(123)91-48(7)70(114)99-67(47(6)13-2)78(122)96-58(39-45(3)4)75(119)93-55(27-21-24-38-86)74(118)100-68(49(8)104)80(124)95-57(33-35-65(112)113)73(117)94-56(32-34-64(110)111)72(116)89-43-62(108)92-60(81(125)126)42-61(88)107/h14-15,18-20,25-26,28-31,45-50,54-60,66-69,104-106H,12-13,16-17,21-24,27,32-44,86-87H2,1-11H3,(H2,88,107)(H,89,116)(H,90,127)(H,91,123)(H,92,108)(H,93,119)(H,94,117)(H,95,124)(H,96,122)(H,97,121)(H,98,109)(H,99,114)(H,100,118)(H,101,128)(H,102,115)(H,103,120)(H,110,111)(H,112,113)(H,125,126)/b15-14-/t46-,47-,48-,49+,50+,54-,55-,56-,57-,58-,59-,60-,66-,67-,68-,69-,84-,85-/m0/s1. The van der Waals surface area contributed by atoms with Crippen molar-refractivity contribution in [2.24, 2.45) is 35.0 Å². The summed E-state index contributed by atoms with van der Waals surface area (Å²) >= 11 is 0. The lowest BCUT2D eigenvalue weighted by molar-refractivity contribution is -0.143. The summed E-state index contributed by atoms with van der Waals surface area (Å²) < 4.78 is 0. The summed E-state index contributed by atoms with van der Waals surface area (Å²) in [6.45, 7) is 14.9. The SMILES string of the molecule is CC[C@H](C)[C@@H]1NC(=O)CNC(=O)[C@@](C)(NC(=O)[C@@H](N)Cc2ccccc2)CCC/C=C\CCC[C@@](C)(C(=O)N[C@H](C(=O)N[C@@H](C)C(=O)N[C@H](C(=O)N[C@@H](CC(C)C)C(=O)N[C@@H](CCCCN)C(=O)N[C@H](C(=O)N[C@@H](CCC(=O)O)C(=O)N[C@@H](CCC(=O)O)C(=O)NCC(=O)N[C@@H](CC(N)=O)C(=O)O)[C@@H](C)O)[C@@H](C)CC)[C@@H](C)O)NC(=O)[C@H](Cc2ccc(O)cc2)NC1=O. The van der Waals surface area contributed by atoms with E-state index in [-0.39, 0.29) is 88.8 Å². The van der Waals surface area contributed by atoms with Crippen LogP contribution in [-0.4, -0.2) is 258 Å². The molecular weight excluding hydrogens is 1670 g/mol. The highest BCUT2D eigenvalue weighted by atomic mass is 16.4. The molecule has 0 saturated heterocycles. The highest BCUT2D eigenvalue weighted by Crippen LogP contribution is 2.23. The Balaban J connectivity index is 1.96. The van der Waals surface area contributed by atoms with Crippen molar-refractivity contribution in [2.75, 3.05) is 19.6 Å². The molecule has 16 amide bonds. The number of hydrogen-bond acceptors (Lipinski definition) is 24. The highest BCUT2D eigenvalue weighted by Gasteiger charge is 2.44. The zero-order valence-corrected chi connectivity index (χ0v) is 74.4. The third-order valence-corrected chi connectivity index (χ3v) is 21.5. The van der Waals surface area contributed by atoms with Gasteiger partial charge >= 0.3 is 17.9 Å². The first-order valence-corrected chi connectivity index (χ1v) is 42.9. The minimum absolute atomic E-state index is 0.0664. The Morgan fingerprint density at radius 2 is 1.08 bits per heavy atom. The van der Waals surface area contributed by atoms with Crippen molar-refractivity contribution in [1.82, 2.24) is 79.8 Å². The van der Waals surface area contributed by atoms with E-state index in [9.17, 15) is 112 Å². The van der Waals surface area contributed by atoms with Crippen LogP contribution in [-0.2, 0) is 104 Å². The largest absolute Gasteiger partial charge is 0.508 e. The maximum atomic E-state index is 15.1. The summed E-state index contributed by atoms with van der Waals surface area (Å²) in [5, 5.41) is 98.1. The number of aromatic hydroxyl groups is 1. The van der Waals surface area contributed by atoms with Gasteiger partial charge in [0.15, 0.2) is 0 Å². The predicted octanol–water partition coefficient (Wildman–Crippen LogP) is -3.53. The van der Waals surface area contributed by atoms with Gasteiger partial charge in [-0.3, -0.25) is 86.3 Å². The maximum absolute atomic E-state index is 15.1. The molecule has 128 heavy (non-hydrogen) atoms. The fourth-order valence-electron chi connectivity index (χ4n) is 13.4. The van der Waals surface area contributed by atoms with E-state index in [0.717, 1.165) is 19.4 Å². The molecule has 27 N–H and O–H groups in total. The molecule has 1 heterocycles. The molecule has 0 spiro atoms. The Morgan fingerprint density at radius 3 is 1.62 bits per heavy atom. The number of rotatable bonds is 47. The molecule has 0 saturated carbocycles. The summed E-state index contributed by atoms with van der Waals surface area (Å²) in [6, 6.07) is -4.79. The second-order valence-corrected chi connectivity index (χ2v) is 33.1. The number of amides is 16. The first-order chi connectivity index (χ1) is 60.1. The first-order valence-electron chi connectivity index (χ1n) is 42.9. The van der Waals surface area contributed by atoms with Gasteiger partial charge in [-0.05, 0) is 166 Å². The molecule has 0 bridgehead atoms. The van der Waals surface area contributed by atoms with E-state index in [2.05, 4.69) is 74.4 Å². The van der Waals surface area contributed by atoms with Crippen molar-refractivity contribution in [3.05, 3.63) is 77.9 Å². The lowest BCUT2D eigenvalue weighted by atomic mass is 9.91. The van der Waals surface area contributed by atoms with Crippen molar-refractivity contribution in [1.29, 1.82) is 0 Å². The van der Waals surface area contributed by atoms with Crippen molar-refractivity contribution < 1.29 is 122 Å². The van der Waals surface area contributed by atoms with Crippen LogP contribution in [0.2, 0.25) is 0 Å². The van der Waals surface area contributed by atoms with E-state index in [1.165, 1.54) is 45.0 Å². The molecule has 1 aliphatic rings. The topological polar surface area (TPSA) is 704 Å². The Kier molecular flexibility index (Phi) is 47.0. The Hall–Kier alpha value is -12.2. The Morgan fingerprint density at radius 1 is 0.555 bits per heavy atom. The lowest BCUT2D eigenvalue weighted by Crippen LogP contribution is -2.65. The number of allylic oxidation sites excluding steroid dienone is 2. The molecule has 0 aliphatic carbocycles. The number of aliphatic hydroxyl groups excluding tert-OH is 2. The monoisotopic (exact) mass is 1800 g/mol. The number of hydrogen-bond donors (Lipinski definition) is 24. The molecular formula is C85H132N18O25. The average molecular weight is 1810 g/mol. The van der Waals surface area contributed by atoms with Crippen LogP contribution in [0, 0.1) is 17.8 Å². The van der Waals surface area contributed by atoms with Gasteiger partial charge in [-0.2, -0.15) is 0 Å². The number of carbonyl (C=O) groups is 19. The molecule has 3 rings (SSSR count). The van der Waals surface area contributed by atoms with Gasteiger partial charge in [0.1, 0.15) is 83.3 Å². The van der Waals surface area contributed by atoms with Crippen molar-refractivity contribution in [3.8, 4) is 5.75 Å². The summed E-state index contributed by atoms with van der Waals surface area (Å²) in [5.41, 5.74) is 14.8. The van der Waals surface area contributed by atoms with Gasteiger partial charge in [0.2, 0.25) is 94.5 Å². The maximum Gasteiger partial charge on any atom is 0.326 e. The van der Waals surface area contributed by atoms with Crippen LogP contribution >= 0.6 is 0 Å². The Bertz CT molecular complexity index is 4170. The van der Waals surface area contributed by atoms with Gasteiger partial charge in [0.05, 0.1) is 37.8 Å². The van der Waals surface area contributed by atoms with Crippen LogP contribution < -0.4 is 97.0 Å². The molecule has 712 valence electrons. The molecule has 0 radical (unpaired) electrons. The second kappa shape index (κ2) is 54.7. The fraction of sp³-hybridized carbons (Fsp3) is 0.612. The van der Waals surface area contributed by atoms with E-state index in [4.69, 9.17) is 17.2 Å². The van der Waals surface area contributed by atoms with Crippen LogP contribution in [0.4, 0.5) is 0 Å². The van der Waals surface area contributed by atoms with E-state index in [1.807, 2.05) is 17.5 Å². The molecule has 43 nitrogen and oxygen atoms in total. The van der Waals surface area contributed by atoms with Crippen LogP contribution in [0.3, 0.4) is 0 Å². The number of aliphatic carboxylic acids is 3. The van der Waals surface area contributed by atoms with Crippen LogP contribution in [0.25, 0.3) is 0 Å². The molecule has 1 aliphatic heterocycles. The van der Waals surface area contributed by atoms with Gasteiger partial charge in [-0.1, -0.05) is 109 Å². The highest BCUT2D eigenvalue weighted by molar-refractivity contribution is 6.02. The number of carboxylic acids is 3. The third kappa shape index (κ3) is 38.5. The fourth-order valence-corrected chi connectivity index (χ4v) is 13.4. The van der Waals surface area contributed by atoms with Crippen molar-refractivity contribution in [3.63, 3.8) is 0 Å². The Labute approximate surface area is 743 Å². The summed E-state index contributed by atoms with van der Waals surface area (Å²) in [5.74, 6) is -22.7. The second-order valence-electron chi connectivity index (χ2n) is 33.1. The van der Waals surface area contributed by atoms with Crippen LogP contribution in [0.5, 0.6) is 5.75 Å². The van der Waals surface area contributed by atoms with Crippen molar-refractivity contribution in [2.45, 2.75) is 294 Å². The normalized spacial score (nSPS) is 20.2. The van der Waals surface area contributed by atoms with Gasteiger partial charge in [0, 0.05) is 19.3 Å². The molecule has 2 aromatic carbocycles. The number of nitrogens with two attached hydrogens (primary N) is 3. The van der Waals surface area contributed by atoms with Gasteiger partial charge in [-0.15, -0.1) is 0 Å². The number of carboxylic acid groups (broad SMARTS) is 3. The number of benzene rings is 2. The summed E-state index contributed by atoms with van der Waals surface area (Å²) in [7, 11) is 0. The van der Waals surface area contributed by atoms with Gasteiger partial charge in [0.25, 0.3) is 0 Å². The zero-order valence-electron chi connectivity index (χ0n) is 74.4. The minimum Gasteiger partial charge on any atom is -0.508 e. The number of phenols is 1. The number of unbranched alkanes of at least 4 members (excludes halogenated alkanes) is 1. The van der Waals surface area contributed by atoms with Gasteiger partial charge in [-0.25, -0.2) is 4.79 Å². The predicted molar refractivity (Wildman–Crippen MR) is 463 cm³/mol. The van der Waals surface area contributed by atoms with Crippen LogP contribution in [0.15, 0.2) is 66.7 Å². The van der Waals surface area contributed by atoms with Crippen molar-refractivity contribution >= 4 is 112 Å². The molecule has 18 atom stereocenters. The minimum atomic E-state index is -2.01. The molecule has 0 fully saturated rings. The van der Waals surface area contributed by atoms with Crippen LogP contribution in [0.1, 0.15) is 196 Å². The van der Waals surface area contributed by atoms with Gasteiger partial charge < -0.3 is 128 Å². The number of carbonyl (C=O) groups excluding carboxylic acids is 16. The number of nitrogens with one attached hydrogen (secondary N) is 15. The molecule has 2 aromatic rings. The number of phenolic OH excluding ortho intramolecular Hbond substituents is 1. The first kappa shape index (κ1) is 110. The third-order valence-electron chi connectivity index (χ3n) is 21.5. The lowest BCUT2D eigenvalue weighted by Gasteiger charge is -2.34. The molecule has 43 heteroatoms. The smallest absolute Gasteiger partial charge is 0.326 e. The summed E-state index contributed by atoms with van der Waals surface area (Å²) in [6.07, 6.45) is -2.23. The molecule has 0 unspecified atom stereocenters. The van der Waals surface area contributed by atoms with E-state index < -0.39 is 265 Å².